The van der Waals surface area contributed by atoms with Crippen LogP contribution in [-0.4, -0.2) is 74.0 Å². The minimum Gasteiger partial charge on any atom is -0.459 e. The molecule has 0 aliphatic carbocycles. The maximum atomic E-state index is 12.8. The molecule has 3 heterocycles. The van der Waals surface area contributed by atoms with Crippen LogP contribution < -0.4 is 0 Å². The van der Waals surface area contributed by atoms with Crippen LogP contribution in [0.2, 0.25) is 0 Å². The molecule has 0 aromatic rings. The van der Waals surface area contributed by atoms with Gasteiger partial charge >= 0.3 is 5.97 Å². The van der Waals surface area contributed by atoms with Gasteiger partial charge in [-0.2, -0.15) is 0 Å². The van der Waals surface area contributed by atoms with Crippen molar-refractivity contribution in [1.29, 1.82) is 0 Å². The zero-order chi connectivity index (χ0) is 24.0. The molecule has 8 atom stereocenters. The molecule has 2 saturated heterocycles. The molecular formula is C25H40O8. The van der Waals surface area contributed by atoms with Crippen LogP contribution in [0.1, 0.15) is 53.4 Å². The molecular weight excluding hydrogens is 428 g/mol. The van der Waals surface area contributed by atoms with E-state index in [1.807, 2.05) is 45.9 Å². The first kappa shape index (κ1) is 26.3. The molecule has 0 radical (unpaired) electrons. The molecule has 33 heavy (non-hydrogen) atoms. The number of hydrogen-bond acceptors (Lipinski definition) is 8. The van der Waals surface area contributed by atoms with Crippen molar-refractivity contribution in [3.05, 3.63) is 24.3 Å². The smallest absolute Gasteiger partial charge is 0.306 e. The first-order valence-electron chi connectivity index (χ1n) is 12.0. The maximum absolute atomic E-state index is 12.8. The van der Waals surface area contributed by atoms with Crippen LogP contribution in [0.5, 0.6) is 0 Å². The molecule has 0 amide bonds. The fraction of sp³-hybridized carbons (Fsp3) is 0.800. The van der Waals surface area contributed by atoms with Gasteiger partial charge in [0.2, 0.25) is 0 Å². The van der Waals surface area contributed by atoms with Gasteiger partial charge in [-0.3, -0.25) is 4.79 Å². The second-order valence-electron chi connectivity index (χ2n) is 9.96. The van der Waals surface area contributed by atoms with Crippen LogP contribution in [0.4, 0.5) is 0 Å². The Morgan fingerprint density at radius 3 is 2.58 bits per heavy atom. The van der Waals surface area contributed by atoms with Crippen LogP contribution in [0.25, 0.3) is 0 Å². The number of aliphatic hydroxyl groups is 1. The minimum absolute atomic E-state index is 0.00171. The monoisotopic (exact) mass is 468 g/mol. The van der Waals surface area contributed by atoms with Crippen molar-refractivity contribution in [2.24, 2.45) is 11.8 Å². The number of ether oxygens (including phenoxy) is 6. The van der Waals surface area contributed by atoms with Gasteiger partial charge in [-0.25, -0.2) is 0 Å². The molecule has 0 spiro atoms. The Hall–Kier alpha value is -1.29. The second kappa shape index (κ2) is 11.9. The highest BCUT2D eigenvalue weighted by molar-refractivity contribution is 5.70. The van der Waals surface area contributed by atoms with Gasteiger partial charge in [-0.1, -0.05) is 38.2 Å². The number of aliphatic hydroxyl groups excluding tert-OH is 1. The maximum Gasteiger partial charge on any atom is 0.306 e. The summed E-state index contributed by atoms with van der Waals surface area (Å²) >= 11 is 0. The van der Waals surface area contributed by atoms with E-state index in [0.29, 0.717) is 19.3 Å². The fourth-order valence-electron chi connectivity index (χ4n) is 4.34. The predicted molar refractivity (Wildman–Crippen MR) is 121 cm³/mol. The third-order valence-corrected chi connectivity index (χ3v) is 6.16. The lowest BCUT2D eigenvalue weighted by Crippen LogP contribution is -2.37. The molecule has 2 fully saturated rings. The lowest BCUT2D eigenvalue weighted by Gasteiger charge is -2.29. The second-order valence-corrected chi connectivity index (χ2v) is 9.96. The molecule has 0 bridgehead atoms. The van der Waals surface area contributed by atoms with E-state index in [2.05, 4.69) is 6.08 Å². The number of rotatable bonds is 7. The van der Waals surface area contributed by atoms with Crippen LogP contribution in [-0.2, 0) is 33.2 Å². The lowest BCUT2D eigenvalue weighted by molar-refractivity contribution is -0.169. The van der Waals surface area contributed by atoms with Crippen molar-refractivity contribution in [3.63, 3.8) is 0 Å². The van der Waals surface area contributed by atoms with E-state index in [0.717, 1.165) is 6.42 Å². The third-order valence-electron chi connectivity index (χ3n) is 6.16. The van der Waals surface area contributed by atoms with E-state index in [-0.39, 0.29) is 55.6 Å². The summed E-state index contributed by atoms with van der Waals surface area (Å²) in [5.41, 5.74) is 0. The summed E-state index contributed by atoms with van der Waals surface area (Å²) in [7, 11) is 1.55. The third kappa shape index (κ3) is 8.16. The molecule has 3 aliphatic heterocycles. The normalized spacial score (nSPS) is 38.1. The Morgan fingerprint density at radius 2 is 1.88 bits per heavy atom. The van der Waals surface area contributed by atoms with Gasteiger partial charge in [0, 0.05) is 26.6 Å². The average molecular weight is 469 g/mol. The van der Waals surface area contributed by atoms with E-state index in [9.17, 15) is 9.90 Å². The van der Waals surface area contributed by atoms with Gasteiger partial charge in [0.15, 0.2) is 5.79 Å². The molecule has 0 saturated carbocycles. The van der Waals surface area contributed by atoms with Crippen molar-refractivity contribution in [1.82, 2.24) is 0 Å². The Bertz CT molecular complexity index is 690. The number of fused-ring (bicyclic) bond motifs is 2. The van der Waals surface area contributed by atoms with Gasteiger partial charge < -0.3 is 33.5 Å². The zero-order valence-corrected chi connectivity index (χ0v) is 20.5. The lowest BCUT2D eigenvalue weighted by atomic mass is 9.97. The summed E-state index contributed by atoms with van der Waals surface area (Å²) in [6.07, 6.45) is 8.75. The highest BCUT2D eigenvalue weighted by Gasteiger charge is 2.43. The zero-order valence-electron chi connectivity index (χ0n) is 20.5. The van der Waals surface area contributed by atoms with Gasteiger partial charge in [0.05, 0.1) is 12.2 Å². The van der Waals surface area contributed by atoms with Crippen molar-refractivity contribution in [3.8, 4) is 0 Å². The van der Waals surface area contributed by atoms with Gasteiger partial charge in [0.25, 0.3) is 0 Å². The largest absolute Gasteiger partial charge is 0.459 e. The number of allylic oxidation sites excluding steroid dienone is 1. The van der Waals surface area contributed by atoms with Crippen molar-refractivity contribution in [2.75, 3.05) is 20.5 Å². The van der Waals surface area contributed by atoms with Crippen molar-refractivity contribution >= 4 is 5.97 Å². The Balaban J connectivity index is 1.77. The quantitative estimate of drug-likeness (QED) is 0.264. The summed E-state index contributed by atoms with van der Waals surface area (Å²) < 4.78 is 34.9. The number of epoxide rings is 1. The molecule has 8 nitrogen and oxygen atoms in total. The number of esters is 1. The molecule has 0 aromatic carbocycles. The predicted octanol–water partition coefficient (Wildman–Crippen LogP) is 3.13. The molecule has 8 heteroatoms. The molecule has 0 unspecified atom stereocenters. The molecule has 3 rings (SSSR count). The highest BCUT2D eigenvalue weighted by Crippen LogP contribution is 2.34. The number of methoxy groups -OCH3 is 1. The Morgan fingerprint density at radius 1 is 1.18 bits per heavy atom. The number of hydrogen-bond donors (Lipinski definition) is 1. The summed E-state index contributed by atoms with van der Waals surface area (Å²) in [5, 5.41) is 9.54. The van der Waals surface area contributed by atoms with Gasteiger partial charge in [-0.15, -0.1) is 0 Å². The number of carbonyl (C=O) groups is 1. The summed E-state index contributed by atoms with van der Waals surface area (Å²) in [4.78, 5) is 12.8. The SMILES string of the molecule is COCO[C@@H](C[C@@H](C)CO)[C@@H]1C[C@@H]2O[C@H]2/C=C/[C@@H]2OC(C)(C)O[C@H]2/C=C/C[C@H](C)CC(=O)O1. The van der Waals surface area contributed by atoms with E-state index in [1.165, 1.54) is 0 Å². The van der Waals surface area contributed by atoms with E-state index < -0.39 is 18.0 Å². The van der Waals surface area contributed by atoms with Crippen LogP contribution in [0.3, 0.4) is 0 Å². The van der Waals surface area contributed by atoms with Crippen LogP contribution in [0.15, 0.2) is 24.3 Å². The summed E-state index contributed by atoms with van der Waals surface area (Å²) in [6.45, 7) is 7.90. The summed E-state index contributed by atoms with van der Waals surface area (Å²) in [6, 6.07) is 0. The van der Waals surface area contributed by atoms with Crippen LogP contribution in [0, 0.1) is 11.8 Å². The molecule has 0 aromatic heterocycles. The first-order valence-corrected chi connectivity index (χ1v) is 12.0. The van der Waals surface area contributed by atoms with Crippen molar-refractivity contribution in [2.45, 2.75) is 95.8 Å². The first-order chi connectivity index (χ1) is 15.7. The number of carbonyl (C=O) groups excluding carboxylic acids is 1. The van der Waals surface area contributed by atoms with Gasteiger partial charge in [-0.05, 0) is 38.5 Å². The Kier molecular flexibility index (Phi) is 9.50. The molecule has 3 aliphatic rings. The van der Waals surface area contributed by atoms with Crippen molar-refractivity contribution < 1.29 is 38.3 Å². The van der Waals surface area contributed by atoms with E-state index >= 15 is 0 Å². The minimum atomic E-state index is -0.658. The topological polar surface area (TPSA) is 96.0 Å². The van der Waals surface area contributed by atoms with Crippen LogP contribution >= 0.6 is 0 Å². The highest BCUT2D eigenvalue weighted by atomic mass is 16.7. The summed E-state index contributed by atoms with van der Waals surface area (Å²) in [5.74, 6) is -0.800. The van der Waals surface area contributed by atoms with E-state index in [1.54, 1.807) is 7.11 Å². The van der Waals surface area contributed by atoms with Gasteiger partial charge in [0.1, 0.15) is 31.2 Å². The molecule has 1 N–H and O–H groups in total. The van der Waals surface area contributed by atoms with E-state index in [4.69, 9.17) is 28.4 Å². The standard InChI is InChI=1S/C25H40O8/c1-16-7-6-8-19-20(33-25(3,4)32-19)10-9-18-22(30-18)13-23(31-24(27)12-16)21(29-15-28-5)11-17(2)14-26/h6,8-10,16-23,26H,7,11-15H2,1-5H3/b8-6+,10-9+/t16-,17+,18-,19-,20-,21-,22-,23-/m0/s1. The average Bonchev–Trinajstić information content (AvgIpc) is 3.42. The molecule has 188 valence electrons. The number of cyclic esters (lactones) is 1. The Labute approximate surface area is 197 Å². The fourth-order valence-corrected chi connectivity index (χ4v) is 4.34.